The molecule has 1 aliphatic heterocycles. The molecule has 0 aliphatic carbocycles. The molecule has 0 aromatic heterocycles. The molecule has 144 valence electrons. The number of nitrogens with zero attached hydrogens (tertiary/aromatic N) is 1. The number of morpholine rings is 1. The van der Waals surface area contributed by atoms with E-state index in [1.807, 2.05) is 6.92 Å². The molecule has 1 atom stereocenters. The summed E-state index contributed by atoms with van der Waals surface area (Å²) in [7, 11) is -2.02. The molecule has 0 spiro atoms. The summed E-state index contributed by atoms with van der Waals surface area (Å²) < 4.78 is 37.3. The van der Waals surface area contributed by atoms with Crippen LogP contribution in [0.15, 0.2) is 53.4 Å². The molecule has 0 radical (unpaired) electrons. The number of nitrogens with one attached hydrogen (secondary N) is 1. The Labute approximate surface area is 158 Å². The summed E-state index contributed by atoms with van der Waals surface area (Å²) in [5.74, 6) is 0.383. The van der Waals surface area contributed by atoms with Gasteiger partial charge in [-0.05, 0) is 55.5 Å². The fourth-order valence-corrected chi connectivity index (χ4v) is 4.31. The van der Waals surface area contributed by atoms with Gasteiger partial charge in [-0.25, -0.2) is 8.42 Å². The molecule has 0 saturated carbocycles. The van der Waals surface area contributed by atoms with Crippen LogP contribution in [0.25, 0.3) is 0 Å². The van der Waals surface area contributed by atoms with E-state index in [9.17, 15) is 13.2 Å². The number of rotatable bonds is 5. The van der Waals surface area contributed by atoms with Crippen LogP contribution in [0.4, 0.5) is 5.69 Å². The summed E-state index contributed by atoms with van der Waals surface area (Å²) in [6.07, 6.45) is -0.128. The van der Waals surface area contributed by atoms with Crippen molar-refractivity contribution in [2.24, 2.45) is 0 Å². The lowest BCUT2D eigenvalue weighted by Gasteiger charge is -2.30. The predicted octanol–water partition coefficient (Wildman–Crippen LogP) is 2.36. The average molecular weight is 390 g/mol. The van der Waals surface area contributed by atoms with Crippen molar-refractivity contribution in [2.45, 2.75) is 17.9 Å². The second-order valence-electron chi connectivity index (χ2n) is 6.25. The number of benzene rings is 2. The number of carbonyl (C=O) groups excluding carboxylic acids is 1. The van der Waals surface area contributed by atoms with Crippen molar-refractivity contribution in [2.75, 3.05) is 32.1 Å². The van der Waals surface area contributed by atoms with Crippen LogP contribution in [0.2, 0.25) is 0 Å². The van der Waals surface area contributed by atoms with Crippen LogP contribution < -0.4 is 10.1 Å². The third-order valence-electron chi connectivity index (χ3n) is 4.31. The maximum atomic E-state index is 12.7. The van der Waals surface area contributed by atoms with E-state index in [2.05, 4.69) is 5.32 Å². The van der Waals surface area contributed by atoms with Gasteiger partial charge in [-0.2, -0.15) is 4.31 Å². The smallest absolute Gasteiger partial charge is 0.255 e. The van der Waals surface area contributed by atoms with Gasteiger partial charge in [-0.1, -0.05) is 0 Å². The standard InChI is InChI=1S/C19H22N2O5S/c1-14-13-21(11-12-26-14)27(23,24)18-9-5-16(6-10-18)20-19(22)15-3-7-17(25-2)8-4-15/h3-10,14H,11-13H2,1-2H3,(H,20,22). The fourth-order valence-electron chi connectivity index (χ4n) is 2.81. The monoisotopic (exact) mass is 390 g/mol. The zero-order valence-electron chi connectivity index (χ0n) is 15.2. The van der Waals surface area contributed by atoms with Crippen LogP contribution in [-0.4, -0.2) is 51.5 Å². The number of ether oxygens (including phenoxy) is 2. The summed E-state index contributed by atoms with van der Waals surface area (Å²) in [5, 5.41) is 2.75. The molecule has 2 aromatic carbocycles. The summed E-state index contributed by atoms with van der Waals surface area (Å²) >= 11 is 0. The molecule has 1 fully saturated rings. The minimum Gasteiger partial charge on any atom is -0.497 e. The Morgan fingerprint density at radius 2 is 1.81 bits per heavy atom. The highest BCUT2D eigenvalue weighted by Gasteiger charge is 2.29. The Hall–Kier alpha value is -2.42. The van der Waals surface area contributed by atoms with Gasteiger partial charge in [-0.3, -0.25) is 4.79 Å². The first-order chi connectivity index (χ1) is 12.9. The Morgan fingerprint density at radius 1 is 1.15 bits per heavy atom. The van der Waals surface area contributed by atoms with E-state index in [4.69, 9.17) is 9.47 Å². The highest BCUT2D eigenvalue weighted by molar-refractivity contribution is 7.89. The van der Waals surface area contributed by atoms with Gasteiger partial charge in [0.1, 0.15) is 5.75 Å². The van der Waals surface area contributed by atoms with Crippen LogP contribution >= 0.6 is 0 Å². The molecule has 1 amide bonds. The van der Waals surface area contributed by atoms with Crippen LogP contribution in [0.5, 0.6) is 5.75 Å². The van der Waals surface area contributed by atoms with Crippen molar-refractivity contribution in [3.63, 3.8) is 0 Å². The largest absolute Gasteiger partial charge is 0.497 e. The van der Waals surface area contributed by atoms with Crippen molar-refractivity contribution in [1.82, 2.24) is 4.31 Å². The molecular formula is C19H22N2O5S. The lowest BCUT2D eigenvalue weighted by molar-refractivity contribution is 0.0102. The first kappa shape index (κ1) is 19.3. The Kier molecular flexibility index (Phi) is 5.79. The van der Waals surface area contributed by atoms with Gasteiger partial charge in [0, 0.05) is 24.3 Å². The normalized spacial score (nSPS) is 18.1. The van der Waals surface area contributed by atoms with Crippen molar-refractivity contribution in [3.05, 3.63) is 54.1 Å². The number of anilines is 1. The fraction of sp³-hybridized carbons (Fsp3) is 0.316. The summed E-state index contributed by atoms with van der Waals surface area (Å²) in [6.45, 7) is 2.90. The molecule has 27 heavy (non-hydrogen) atoms. The zero-order valence-corrected chi connectivity index (χ0v) is 16.0. The van der Waals surface area contributed by atoms with Gasteiger partial charge >= 0.3 is 0 Å². The molecule has 1 heterocycles. The Morgan fingerprint density at radius 3 is 2.41 bits per heavy atom. The minimum absolute atomic E-state index is 0.128. The lowest BCUT2D eigenvalue weighted by Crippen LogP contribution is -2.44. The average Bonchev–Trinajstić information content (AvgIpc) is 2.68. The number of methoxy groups -OCH3 is 1. The van der Waals surface area contributed by atoms with Gasteiger partial charge in [-0.15, -0.1) is 0 Å². The van der Waals surface area contributed by atoms with Gasteiger partial charge in [0.05, 0.1) is 24.7 Å². The second kappa shape index (κ2) is 8.08. The van der Waals surface area contributed by atoms with Crippen LogP contribution in [-0.2, 0) is 14.8 Å². The third-order valence-corrected chi connectivity index (χ3v) is 6.19. The third kappa shape index (κ3) is 4.47. The Balaban J connectivity index is 1.70. The maximum Gasteiger partial charge on any atom is 0.255 e. The van der Waals surface area contributed by atoms with Crippen LogP contribution in [0.1, 0.15) is 17.3 Å². The van der Waals surface area contributed by atoms with Crippen molar-refractivity contribution in [3.8, 4) is 5.75 Å². The molecule has 1 aliphatic rings. The van der Waals surface area contributed by atoms with Gasteiger partial charge in [0.15, 0.2) is 0 Å². The molecule has 1 saturated heterocycles. The number of hydrogen-bond donors (Lipinski definition) is 1. The van der Waals surface area contributed by atoms with Crippen molar-refractivity contribution < 1.29 is 22.7 Å². The highest BCUT2D eigenvalue weighted by Crippen LogP contribution is 2.21. The summed E-state index contributed by atoms with van der Waals surface area (Å²) in [6, 6.07) is 12.9. The molecular weight excluding hydrogens is 368 g/mol. The van der Waals surface area contributed by atoms with Crippen LogP contribution in [0.3, 0.4) is 0 Å². The lowest BCUT2D eigenvalue weighted by atomic mass is 10.2. The van der Waals surface area contributed by atoms with Crippen LogP contribution in [0, 0.1) is 0 Å². The topological polar surface area (TPSA) is 84.9 Å². The van der Waals surface area contributed by atoms with Crippen molar-refractivity contribution in [1.29, 1.82) is 0 Å². The minimum atomic E-state index is -3.57. The van der Waals surface area contributed by atoms with E-state index in [1.54, 1.807) is 43.5 Å². The van der Waals surface area contributed by atoms with E-state index in [0.29, 0.717) is 36.7 Å². The first-order valence-electron chi connectivity index (χ1n) is 8.57. The molecule has 3 rings (SSSR count). The first-order valence-corrected chi connectivity index (χ1v) is 10.0. The number of amides is 1. The molecule has 7 nitrogen and oxygen atoms in total. The molecule has 1 unspecified atom stereocenters. The predicted molar refractivity (Wildman–Crippen MR) is 102 cm³/mol. The zero-order chi connectivity index (χ0) is 19.4. The summed E-state index contributed by atoms with van der Waals surface area (Å²) in [4.78, 5) is 12.5. The van der Waals surface area contributed by atoms with Gasteiger partial charge in [0.25, 0.3) is 5.91 Å². The Bertz CT molecular complexity index is 895. The summed E-state index contributed by atoms with van der Waals surface area (Å²) in [5.41, 5.74) is 1.000. The van der Waals surface area contributed by atoms with Gasteiger partial charge < -0.3 is 14.8 Å². The second-order valence-corrected chi connectivity index (χ2v) is 8.19. The van der Waals surface area contributed by atoms with E-state index >= 15 is 0 Å². The van der Waals surface area contributed by atoms with E-state index in [1.165, 1.54) is 16.4 Å². The van der Waals surface area contributed by atoms with E-state index in [-0.39, 0.29) is 16.9 Å². The molecule has 0 bridgehead atoms. The number of sulfonamides is 1. The van der Waals surface area contributed by atoms with Gasteiger partial charge in [0.2, 0.25) is 10.0 Å². The molecule has 1 N–H and O–H groups in total. The van der Waals surface area contributed by atoms with E-state index < -0.39 is 10.0 Å². The number of hydrogen-bond acceptors (Lipinski definition) is 5. The molecule has 2 aromatic rings. The highest BCUT2D eigenvalue weighted by atomic mass is 32.2. The van der Waals surface area contributed by atoms with Crippen molar-refractivity contribution >= 4 is 21.6 Å². The van der Waals surface area contributed by atoms with E-state index in [0.717, 1.165) is 0 Å². The number of carbonyl (C=O) groups is 1. The maximum absolute atomic E-state index is 12.7. The molecule has 8 heteroatoms. The quantitative estimate of drug-likeness (QED) is 0.847. The SMILES string of the molecule is COc1ccc(C(=O)Nc2ccc(S(=O)(=O)N3CCOC(C)C3)cc2)cc1.